The first-order chi connectivity index (χ1) is 6.18. The van der Waals surface area contributed by atoms with Gasteiger partial charge in [-0.05, 0) is 18.2 Å². The lowest BCUT2D eigenvalue weighted by Gasteiger charge is -1.95. The van der Waals surface area contributed by atoms with Gasteiger partial charge in [0, 0.05) is 7.05 Å². The van der Waals surface area contributed by atoms with Gasteiger partial charge in [-0.2, -0.15) is 0 Å². The second-order valence-corrected chi connectivity index (χ2v) is 2.78. The Hall–Kier alpha value is -1.84. The molecule has 65 valence electrons. The Balaban J connectivity index is 2.72. The zero-order valence-electron chi connectivity index (χ0n) is 6.98. The van der Waals surface area contributed by atoms with Gasteiger partial charge in [0.15, 0.2) is 6.33 Å². The molecule has 4 nitrogen and oxygen atoms in total. The quantitative estimate of drug-likeness (QED) is 0.705. The number of rotatable bonds is 1. The van der Waals surface area contributed by atoms with E-state index in [0.717, 1.165) is 11.0 Å². The third-order valence-electron chi connectivity index (χ3n) is 1.90. The number of carboxylic acid groups (broad SMARTS) is 1. The summed E-state index contributed by atoms with van der Waals surface area (Å²) in [5, 5.41) is 8.73. The predicted molar refractivity (Wildman–Crippen MR) is 46.5 cm³/mol. The number of imidazole rings is 1. The molecule has 0 bridgehead atoms. The SMILES string of the molecule is Cn1[c]nc2ccc(C(=O)O)cc21. The van der Waals surface area contributed by atoms with Crippen molar-refractivity contribution < 1.29 is 9.90 Å². The standard InChI is InChI=1S/C9H7N2O2/c1-11-5-10-7-3-2-6(9(12)13)4-8(7)11/h2-4H,1H3,(H,12,13). The molecule has 0 aliphatic carbocycles. The average molecular weight is 175 g/mol. The summed E-state index contributed by atoms with van der Waals surface area (Å²) in [5.74, 6) is -0.928. The fourth-order valence-electron chi connectivity index (χ4n) is 1.20. The van der Waals surface area contributed by atoms with Crippen LogP contribution in [-0.2, 0) is 7.05 Å². The van der Waals surface area contributed by atoms with Crippen molar-refractivity contribution in [1.82, 2.24) is 9.55 Å². The number of carbonyl (C=O) groups is 1. The lowest BCUT2D eigenvalue weighted by molar-refractivity contribution is 0.0697. The molecule has 1 aromatic carbocycles. The highest BCUT2D eigenvalue weighted by Crippen LogP contribution is 2.13. The maximum absolute atomic E-state index is 10.6. The maximum Gasteiger partial charge on any atom is 0.335 e. The van der Waals surface area contributed by atoms with E-state index in [9.17, 15) is 4.79 Å². The molecule has 4 heteroatoms. The lowest BCUT2D eigenvalue weighted by Crippen LogP contribution is -1.96. The van der Waals surface area contributed by atoms with Gasteiger partial charge in [-0.3, -0.25) is 0 Å². The van der Waals surface area contributed by atoms with Gasteiger partial charge in [-0.25, -0.2) is 9.78 Å². The summed E-state index contributed by atoms with van der Waals surface area (Å²) in [5.41, 5.74) is 1.80. The maximum atomic E-state index is 10.6. The van der Waals surface area contributed by atoms with Crippen molar-refractivity contribution in [2.24, 2.45) is 7.05 Å². The molecule has 1 N–H and O–H groups in total. The summed E-state index contributed by atoms with van der Waals surface area (Å²) in [6.45, 7) is 0. The highest BCUT2D eigenvalue weighted by atomic mass is 16.4. The Kier molecular flexibility index (Phi) is 1.55. The molecule has 1 radical (unpaired) electrons. The predicted octanol–water partition coefficient (Wildman–Crippen LogP) is 1.07. The minimum absolute atomic E-state index is 0.268. The molecule has 2 rings (SSSR count). The second-order valence-electron chi connectivity index (χ2n) is 2.78. The molecule has 0 saturated heterocycles. The van der Waals surface area contributed by atoms with E-state index in [1.165, 1.54) is 6.07 Å². The van der Waals surface area contributed by atoms with Gasteiger partial charge in [0.1, 0.15) is 0 Å². The van der Waals surface area contributed by atoms with Crippen LogP contribution in [0.5, 0.6) is 0 Å². The van der Waals surface area contributed by atoms with Crippen molar-refractivity contribution in [2.75, 3.05) is 0 Å². The van der Waals surface area contributed by atoms with Crippen LogP contribution in [0.15, 0.2) is 18.2 Å². The summed E-state index contributed by atoms with van der Waals surface area (Å²) in [7, 11) is 1.78. The third-order valence-corrected chi connectivity index (χ3v) is 1.90. The molecule has 0 aliphatic rings. The molecule has 0 saturated carbocycles. The summed E-state index contributed by atoms with van der Waals surface area (Å²) in [6.07, 6.45) is 2.72. The normalized spacial score (nSPS) is 10.5. The van der Waals surface area contributed by atoms with E-state index in [1.807, 2.05) is 0 Å². The van der Waals surface area contributed by atoms with Gasteiger partial charge in [-0.1, -0.05) is 0 Å². The van der Waals surface area contributed by atoms with Crippen molar-refractivity contribution in [3.63, 3.8) is 0 Å². The molecule has 1 aromatic heterocycles. The lowest BCUT2D eigenvalue weighted by atomic mass is 10.2. The number of nitrogens with zero attached hydrogens (tertiary/aromatic N) is 2. The largest absolute Gasteiger partial charge is 0.478 e. The Bertz CT molecular complexity index is 473. The van der Waals surface area contributed by atoms with E-state index in [4.69, 9.17) is 5.11 Å². The zero-order chi connectivity index (χ0) is 9.42. The molecule has 2 aromatic rings. The van der Waals surface area contributed by atoms with Crippen LogP contribution in [0.4, 0.5) is 0 Å². The summed E-state index contributed by atoms with van der Waals surface area (Å²) in [6, 6.07) is 4.79. The Labute approximate surface area is 74.4 Å². The highest BCUT2D eigenvalue weighted by Gasteiger charge is 2.05. The Morgan fingerprint density at radius 3 is 3.08 bits per heavy atom. The van der Waals surface area contributed by atoms with Crippen molar-refractivity contribution in [2.45, 2.75) is 0 Å². The average Bonchev–Trinajstić information content (AvgIpc) is 2.47. The van der Waals surface area contributed by atoms with Crippen LogP contribution in [0.25, 0.3) is 11.0 Å². The van der Waals surface area contributed by atoms with Crippen molar-refractivity contribution in [1.29, 1.82) is 0 Å². The highest BCUT2D eigenvalue weighted by molar-refractivity contribution is 5.92. The minimum Gasteiger partial charge on any atom is -0.478 e. The number of aryl methyl sites for hydroxylation is 1. The number of hydrogen-bond acceptors (Lipinski definition) is 2. The van der Waals surface area contributed by atoms with Gasteiger partial charge < -0.3 is 9.67 Å². The van der Waals surface area contributed by atoms with E-state index in [2.05, 4.69) is 11.3 Å². The van der Waals surface area contributed by atoms with E-state index in [1.54, 1.807) is 23.7 Å². The third kappa shape index (κ3) is 1.16. The van der Waals surface area contributed by atoms with Gasteiger partial charge >= 0.3 is 5.97 Å². The molecule has 0 fully saturated rings. The molecule has 0 unspecified atom stereocenters. The summed E-state index contributed by atoms with van der Waals surface area (Å²) in [4.78, 5) is 14.6. The number of aromatic nitrogens is 2. The monoisotopic (exact) mass is 175 g/mol. The van der Waals surface area contributed by atoms with Gasteiger partial charge in [0.05, 0.1) is 16.6 Å². The van der Waals surface area contributed by atoms with Gasteiger partial charge in [0.2, 0.25) is 0 Å². The minimum atomic E-state index is -0.928. The molecule has 0 atom stereocenters. The fourth-order valence-corrected chi connectivity index (χ4v) is 1.20. The summed E-state index contributed by atoms with van der Waals surface area (Å²) >= 11 is 0. The summed E-state index contributed by atoms with van der Waals surface area (Å²) < 4.78 is 1.67. The van der Waals surface area contributed by atoms with Gasteiger partial charge in [-0.15, -0.1) is 0 Å². The first-order valence-corrected chi connectivity index (χ1v) is 3.76. The number of benzene rings is 1. The molecule has 0 aliphatic heterocycles. The van der Waals surface area contributed by atoms with Crippen LogP contribution < -0.4 is 0 Å². The van der Waals surface area contributed by atoms with Crippen molar-refractivity contribution in [3.05, 3.63) is 30.1 Å². The topological polar surface area (TPSA) is 55.1 Å². The van der Waals surface area contributed by atoms with Crippen LogP contribution in [0, 0.1) is 6.33 Å². The Morgan fingerprint density at radius 2 is 2.38 bits per heavy atom. The van der Waals surface area contributed by atoms with Crippen molar-refractivity contribution in [3.8, 4) is 0 Å². The van der Waals surface area contributed by atoms with Crippen LogP contribution in [0.1, 0.15) is 10.4 Å². The molecular formula is C9H7N2O2. The second kappa shape index (κ2) is 2.58. The number of aromatic carboxylic acids is 1. The van der Waals surface area contributed by atoms with Crippen LogP contribution in [0.2, 0.25) is 0 Å². The zero-order valence-corrected chi connectivity index (χ0v) is 6.98. The molecule has 0 amide bonds. The first kappa shape index (κ1) is 7.79. The van der Waals surface area contributed by atoms with Crippen LogP contribution in [-0.4, -0.2) is 20.6 Å². The van der Waals surface area contributed by atoms with Crippen molar-refractivity contribution >= 4 is 17.0 Å². The van der Waals surface area contributed by atoms with E-state index < -0.39 is 5.97 Å². The Morgan fingerprint density at radius 1 is 1.62 bits per heavy atom. The van der Waals surface area contributed by atoms with Crippen LogP contribution >= 0.6 is 0 Å². The molecular weight excluding hydrogens is 168 g/mol. The van der Waals surface area contributed by atoms with Gasteiger partial charge in [0.25, 0.3) is 0 Å². The number of fused-ring (bicyclic) bond motifs is 1. The first-order valence-electron chi connectivity index (χ1n) is 3.76. The van der Waals surface area contributed by atoms with Crippen LogP contribution in [0.3, 0.4) is 0 Å². The van der Waals surface area contributed by atoms with E-state index >= 15 is 0 Å². The molecule has 0 spiro atoms. The number of carboxylic acids is 1. The van der Waals surface area contributed by atoms with E-state index in [-0.39, 0.29) is 5.56 Å². The molecule has 1 heterocycles. The van der Waals surface area contributed by atoms with E-state index in [0.29, 0.717) is 0 Å². The fraction of sp³-hybridized carbons (Fsp3) is 0.111. The number of hydrogen-bond donors (Lipinski definition) is 1. The smallest absolute Gasteiger partial charge is 0.335 e. The molecule has 13 heavy (non-hydrogen) atoms.